The lowest BCUT2D eigenvalue weighted by Gasteiger charge is -2.42. The summed E-state index contributed by atoms with van der Waals surface area (Å²) in [5, 5.41) is 4.56. The number of allylic oxidation sites excluding steroid dienone is 3. The molecular formula is C24H32N6O. The third-order valence-electron chi connectivity index (χ3n) is 6.96. The van der Waals surface area contributed by atoms with Gasteiger partial charge in [0.15, 0.2) is 0 Å². The number of nitrogens with two attached hydrogens (primary N) is 2. The Bertz CT molecular complexity index is 1100. The molecule has 2 bridgehead atoms. The van der Waals surface area contributed by atoms with Crippen LogP contribution in [0.1, 0.15) is 37.3 Å². The number of rotatable bonds is 4. The van der Waals surface area contributed by atoms with Gasteiger partial charge < -0.3 is 26.7 Å². The van der Waals surface area contributed by atoms with Crippen molar-refractivity contribution in [3.8, 4) is 0 Å². The Labute approximate surface area is 182 Å². The number of pyridine rings is 1. The first-order chi connectivity index (χ1) is 15.0. The summed E-state index contributed by atoms with van der Waals surface area (Å²) in [6.45, 7) is 5.58. The fraction of sp³-hybridized carbons (Fsp3) is 0.458. The molecule has 0 spiro atoms. The van der Waals surface area contributed by atoms with Crippen LogP contribution in [-0.2, 0) is 13.0 Å². The second-order valence-corrected chi connectivity index (χ2v) is 9.18. The van der Waals surface area contributed by atoms with Gasteiger partial charge in [0.2, 0.25) is 0 Å². The van der Waals surface area contributed by atoms with Crippen LogP contribution in [0.15, 0.2) is 46.7 Å². The van der Waals surface area contributed by atoms with Gasteiger partial charge in [0, 0.05) is 54.9 Å². The highest BCUT2D eigenvalue weighted by atomic mass is 16.1. The summed E-state index contributed by atoms with van der Waals surface area (Å²) < 4.78 is 0. The maximum absolute atomic E-state index is 12.5. The standard InChI is InChI=1S/C24H32N6O/c1-15(25)4-9-22(26)29-13-17-6-7-18(14-29)30(17)12-16-5-8-19-21(11-16)28-24(31)20-3-2-10-27-23(19)20/h4-5,8-9,11,17-18,27H,2-3,6-7,10,12-14,25-26H2,1H3,(H,28,31)/b15-4-,22-9+. The molecule has 2 unspecified atom stereocenters. The largest absolute Gasteiger partial charge is 0.402 e. The lowest BCUT2D eigenvalue weighted by Crippen LogP contribution is -2.53. The number of hydrogen-bond donors (Lipinski definition) is 4. The van der Waals surface area contributed by atoms with Crippen molar-refractivity contribution in [1.82, 2.24) is 14.8 Å². The number of fused-ring (bicyclic) bond motifs is 5. The zero-order chi connectivity index (χ0) is 21.5. The number of benzene rings is 1. The van der Waals surface area contributed by atoms with Gasteiger partial charge >= 0.3 is 0 Å². The van der Waals surface area contributed by atoms with Crippen LogP contribution in [0.5, 0.6) is 0 Å². The molecule has 1 aromatic heterocycles. The van der Waals surface area contributed by atoms with Crippen molar-refractivity contribution in [3.05, 3.63) is 63.3 Å². The van der Waals surface area contributed by atoms with E-state index in [0.29, 0.717) is 12.1 Å². The van der Waals surface area contributed by atoms with Crippen LogP contribution in [-0.4, -0.2) is 46.5 Å². The van der Waals surface area contributed by atoms with E-state index >= 15 is 0 Å². The molecule has 0 radical (unpaired) electrons. The van der Waals surface area contributed by atoms with Crippen LogP contribution in [0.25, 0.3) is 10.9 Å². The van der Waals surface area contributed by atoms with Gasteiger partial charge in [0.1, 0.15) is 0 Å². The number of hydrogen-bond acceptors (Lipinski definition) is 6. The molecule has 2 atom stereocenters. The Morgan fingerprint density at radius 1 is 1.19 bits per heavy atom. The van der Waals surface area contributed by atoms with Crippen molar-refractivity contribution in [2.24, 2.45) is 11.5 Å². The number of nitrogens with one attached hydrogen (secondary N) is 2. The molecule has 5 rings (SSSR count). The quantitative estimate of drug-likeness (QED) is 0.566. The van der Waals surface area contributed by atoms with E-state index in [1.54, 1.807) is 0 Å². The Balaban J connectivity index is 1.36. The normalized spacial score (nSPS) is 24.4. The van der Waals surface area contributed by atoms with E-state index < -0.39 is 0 Å². The van der Waals surface area contributed by atoms with Crippen molar-refractivity contribution < 1.29 is 0 Å². The molecule has 2 aromatic rings. The summed E-state index contributed by atoms with van der Waals surface area (Å²) in [5.41, 5.74) is 16.9. The van der Waals surface area contributed by atoms with Crippen LogP contribution in [0.2, 0.25) is 0 Å². The molecule has 2 fully saturated rings. The molecule has 164 valence electrons. The highest BCUT2D eigenvalue weighted by molar-refractivity contribution is 5.93. The minimum atomic E-state index is 0.0459. The molecule has 6 N–H and O–H groups in total. The van der Waals surface area contributed by atoms with E-state index in [-0.39, 0.29) is 5.56 Å². The number of H-pyrrole nitrogens is 1. The molecule has 1 aromatic carbocycles. The topological polar surface area (TPSA) is 103 Å². The first-order valence-electron chi connectivity index (χ1n) is 11.3. The van der Waals surface area contributed by atoms with E-state index in [9.17, 15) is 4.79 Å². The molecule has 7 nitrogen and oxygen atoms in total. The van der Waals surface area contributed by atoms with E-state index in [2.05, 4.69) is 38.3 Å². The molecule has 7 heteroatoms. The first-order valence-corrected chi connectivity index (χ1v) is 11.3. The van der Waals surface area contributed by atoms with Gasteiger partial charge in [-0.25, -0.2) is 0 Å². The van der Waals surface area contributed by atoms with Crippen molar-refractivity contribution in [2.75, 3.05) is 25.0 Å². The lowest BCUT2D eigenvalue weighted by molar-refractivity contribution is 0.0791. The highest BCUT2D eigenvalue weighted by Gasteiger charge is 2.39. The second-order valence-electron chi connectivity index (χ2n) is 9.18. The zero-order valence-electron chi connectivity index (χ0n) is 18.2. The monoisotopic (exact) mass is 420 g/mol. The molecule has 4 heterocycles. The molecular weight excluding hydrogens is 388 g/mol. The van der Waals surface area contributed by atoms with Gasteiger partial charge in [-0.15, -0.1) is 0 Å². The number of aromatic nitrogens is 1. The SMILES string of the molecule is C/C(N)=C/C=C(\N)N1CC2CCC(C1)N2Cc1ccc2c3c(c(=O)[nH]c2c1)CCCN3. The van der Waals surface area contributed by atoms with Gasteiger partial charge in [-0.3, -0.25) is 9.69 Å². The Kier molecular flexibility index (Phi) is 5.14. The number of piperazine rings is 1. The first kappa shape index (κ1) is 20.0. The Hall–Kier alpha value is -2.93. The van der Waals surface area contributed by atoms with E-state index in [1.165, 1.54) is 18.4 Å². The predicted molar refractivity (Wildman–Crippen MR) is 126 cm³/mol. The molecule has 0 aliphatic carbocycles. The maximum Gasteiger partial charge on any atom is 0.253 e. The summed E-state index contributed by atoms with van der Waals surface area (Å²) >= 11 is 0. The number of aromatic amines is 1. The number of anilines is 1. The summed E-state index contributed by atoms with van der Waals surface area (Å²) in [6, 6.07) is 7.52. The molecule has 3 aliphatic rings. The second kappa shape index (κ2) is 7.96. The third-order valence-corrected chi connectivity index (χ3v) is 6.96. The smallest absolute Gasteiger partial charge is 0.253 e. The zero-order valence-corrected chi connectivity index (χ0v) is 18.2. The summed E-state index contributed by atoms with van der Waals surface area (Å²) in [6.07, 6.45) is 8.04. The molecule has 0 amide bonds. The maximum atomic E-state index is 12.5. The summed E-state index contributed by atoms with van der Waals surface area (Å²) in [4.78, 5) is 20.6. The van der Waals surface area contributed by atoms with Crippen LogP contribution in [0.3, 0.4) is 0 Å². The van der Waals surface area contributed by atoms with Crippen LogP contribution >= 0.6 is 0 Å². The van der Waals surface area contributed by atoms with E-state index in [1.807, 2.05) is 19.1 Å². The van der Waals surface area contributed by atoms with Crippen molar-refractivity contribution in [3.63, 3.8) is 0 Å². The summed E-state index contributed by atoms with van der Waals surface area (Å²) in [5.74, 6) is 0.793. The van der Waals surface area contributed by atoms with Gasteiger partial charge in [-0.2, -0.15) is 0 Å². The van der Waals surface area contributed by atoms with Crippen molar-refractivity contribution in [1.29, 1.82) is 0 Å². The minimum Gasteiger partial charge on any atom is -0.402 e. The Morgan fingerprint density at radius 2 is 1.97 bits per heavy atom. The third kappa shape index (κ3) is 3.78. The van der Waals surface area contributed by atoms with Gasteiger partial charge in [0.25, 0.3) is 5.56 Å². The van der Waals surface area contributed by atoms with Gasteiger partial charge in [0.05, 0.1) is 17.0 Å². The Morgan fingerprint density at radius 3 is 2.71 bits per heavy atom. The van der Waals surface area contributed by atoms with Crippen LogP contribution in [0, 0.1) is 0 Å². The lowest BCUT2D eigenvalue weighted by atomic mass is 10.0. The fourth-order valence-corrected chi connectivity index (χ4v) is 5.40. The molecule has 31 heavy (non-hydrogen) atoms. The minimum absolute atomic E-state index is 0.0459. The van der Waals surface area contributed by atoms with Crippen molar-refractivity contribution >= 4 is 16.6 Å². The predicted octanol–water partition coefficient (Wildman–Crippen LogP) is 2.20. The average molecular weight is 421 g/mol. The van der Waals surface area contributed by atoms with E-state index in [0.717, 1.165) is 72.7 Å². The molecule has 2 saturated heterocycles. The van der Waals surface area contributed by atoms with Gasteiger partial charge in [-0.05, 0) is 56.4 Å². The molecule has 3 aliphatic heterocycles. The van der Waals surface area contributed by atoms with Crippen molar-refractivity contribution in [2.45, 2.75) is 51.2 Å². The van der Waals surface area contributed by atoms with Crippen LogP contribution in [0.4, 0.5) is 5.69 Å². The fourth-order valence-electron chi connectivity index (χ4n) is 5.40. The number of likely N-dealkylation sites (tertiary alicyclic amines) is 1. The molecule has 0 saturated carbocycles. The van der Waals surface area contributed by atoms with Gasteiger partial charge in [-0.1, -0.05) is 12.1 Å². The average Bonchev–Trinajstić information content (AvgIpc) is 2.98. The van der Waals surface area contributed by atoms with E-state index in [4.69, 9.17) is 11.5 Å². The van der Waals surface area contributed by atoms with Crippen LogP contribution < -0.4 is 22.3 Å². The number of nitrogens with zero attached hydrogens (tertiary/aromatic N) is 2. The highest BCUT2D eigenvalue weighted by Crippen LogP contribution is 2.34. The summed E-state index contributed by atoms with van der Waals surface area (Å²) in [7, 11) is 0.